The van der Waals surface area contributed by atoms with Crippen LogP contribution >= 0.6 is 28.1 Å². The minimum Gasteiger partial charge on any atom is -0.481 e. The van der Waals surface area contributed by atoms with Gasteiger partial charge >= 0.3 is 0 Å². The number of rotatable bonds is 5. The number of hydrazine groups is 1. The summed E-state index contributed by atoms with van der Waals surface area (Å²) in [5.41, 5.74) is 5.18. The van der Waals surface area contributed by atoms with Gasteiger partial charge in [-0.2, -0.15) is 0 Å². The third kappa shape index (κ3) is 6.32. The number of nitrogens with one attached hydrogen (secondary N) is 3. The lowest BCUT2D eigenvalue weighted by Gasteiger charge is -2.17. The minimum absolute atomic E-state index is 0.184. The van der Waals surface area contributed by atoms with E-state index in [2.05, 4.69) is 32.1 Å². The maximum atomic E-state index is 12.0. The lowest BCUT2D eigenvalue weighted by molar-refractivity contribution is -0.127. The molecule has 0 saturated carbocycles. The molecule has 1 aromatic rings. The number of hydrogen-bond acceptors (Lipinski definition) is 4. The Bertz CT molecular complexity index is 553. The van der Waals surface area contributed by atoms with Crippen LogP contribution in [0.25, 0.3) is 0 Å². The minimum atomic E-state index is -0.655. The number of benzene rings is 1. The quantitative estimate of drug-likeness (QED) is 0.516. The average Bonchev–Trinajstić information content (AvgIpc) is 3.04. The monoisotopic (exact) mass is 401 g/mol. The molecular weight excluding hydrogens is 382 g/mol. The van der Waals surface area contributed by atoms with Crippen molar-refractivity contribution in [1.29, 1.82) is 0 Å². The number of thiocarbonyl (C=S) groups is 1. The molecule has 6 nitrogen and oxygen atoms in total. The van der Waals surface area contributed by atoms with E-state index in [4.69, 9.17) is 21.7 Å². The summed E-state index contributed by atoms with van der Waals surface area (Å²) >= 11 is 8.46. The molecule has 1 fully saturated rings. The van der Waals surface area contributed by atoms with E-state index in [1.54, 1.807) is 19.1 Å². The van der Waals surface area contributed by atoms with Gasteiger partial charge in [-0.15, -0.1) is 0 Å². The molecule has 2 atom stereocenters. The zero-order valence-corrected chi connectivity index (χ0v) is 15.2. The topological polar surface area (TPSA) is 71.6 Å². The van der Waals surface area contributed by atoms with E-state index in [-0.39, 0.29) is 12.0 Å². The first-order valence-corrected chi connectivity index (χ1v) is 8.62. The van der Waals surface area contributed by atoms with Crippen LogP contribution in [0, 0.1) is 0 Å². The van der Waals surface area contributed by atoms with E-state index in [0.29, 0.717) is 17.4 Å². The van der Waals surface area contributed by atoms with Gasteiger partial charge in [0.25, 0.3) is 5.91 Å². The SMILES string of the molecule is C[C@H](Oc1cccc(Br)c1)C(=O)NNC(=S)NC[C@@H]1CCCO1. The molecule has 0 unspecified atom stereocenters. The van der Waals surface area contributed by atoms with Crippen molar-refractivity contribution in [2.24, 2.45) is 0 Å². The van der Waals surface area contributed by atoms with Gasteiger partial charge < -0.3 is 14.8 Å². The van der Waals surface area contributed by atoms with Crippen molar-refractivity contribution in [1.82, 2.24) is 16.2 Å². The first kappa shape index (κ1) is 18.0. The van der Waals surface area contributed by atoms with Gasteiger partial charge in [-0.25, -0.2) is 0 Å². The summed E-state index contributed by atoms with van der Waals surface area (Å²) in [7, 11) is 0. The van der Waals surface area contributed by atoms with Crippen molar-refractivity contribution in [3.63, 3.8) is 0 Å². The van der Waals surface area contributed by atoms with Gasteiger partial charge in [-0.05, 0) is 50.2 Å². The van der Waals surface area contributed by atoms with Crippen LogP contribution in [0.1, 0.15) is 19.8 Å². The number of amides is 1. The predicted octanol–water partition coefficient (Wildman–Crippen LogP) is 1.89. The van der Waals surface area contributed by atoms with Crippen molar-refractivity contribution in [2.75, 3.05) is 13.2 Å². The fraction of sp³-hybridized carbons (Fsp3) is 0.467. The molecule has 0 aromatic heterocycles. The highest BCUT2D eigenvalue weighted by Gasteiger charge is 2.17. The molecule has 126 valence electrons. The summed E-state index contributed by atoms with van der Waals surface area (Å²) in [4.78, 5) is 12.0. The smallest absolute Gasteiger partial charge is 0.279 e. The normalized spacial score (nSPS) is 18.1. The molecule has 1 aromatic carbocycles. The van der Waals surface area contributed by atoms with Gasteiger partial charge in [0.15, 0.2) is 11.2 Å². The summed E-state index contributed by atoms with van der Waals surface area (Å²) in [6.07, 6.45) is 1.63. The van der Waals surface area contributed by atoms with Gasteiger partial charge in [0.2, 0.25) is 0 Å². The standard InChI is InChI=1S/C15H20BrN3O3S/c1-10(22-12-5-2-4-11(16)8-12)14(20)18-19-15(23)17-9-13-6-3-7-21-13/h2,4-5,8,10,13H,3,6-7,9H2,1H3,(H,18,20)(H2,17,19,23)/t10-,13-/m0/s1. The fourth-order valence-electron chi connectivity index (χ4n) is 2.07. The van der Waals surface area contributed by atoms with E-state index < -0.39 is 6.10 Å². The maximum Gasteiger partial charge on any atom is 0.279 e. The molecule has 1 heterocycles. The Morgan fingerprint density at radius 3 is 3.04 bits per heavy atom. The van der Waals surface area contributed by atoms with Gasteiger partial charge in [0, 0.05) is 17.6 Å². The van der Waals surface area contributed by atoms with Gasteiger partial charge in [0.1, 0.15) is 5.75 Å². The second-order valence-corrected chi connectivity index (χ2v) is 6.50. The van der Waals surface area contributed by atoms with Crippen LogP contribution in [0.3, 0.4) is 0 Å². The van der Waals surface area contributed by atoms with Gasteiger partial charge in [0.05, 0.1) is 6.10 Å². The van der Waals surface area contributed by atoms with E-state index in [9.17, 15) is 4.79 Å². The Morgan fingerprint density at radius 2 is 2.35 bits per heavy atom. The van der Waals surface area contributed by atoms with Crippen molar-refractivity contribution in [3.05, 3.63) is 28.7 Å². The highest BCUT2D eigenvalue weighted by atomic mass is 79.9. The Hall–Kier alpha value is -1.38. The second kappa shape index (κ2) is 9.05. The summed E-state index contributed by atoms with van der Waals surface area (Å²) in [5, 5.41) is 3.36. The Kier molecular flexibility index (Phi) is 7.07. The van der Waals surface area contributed by atoms with Crippen LogP contribution in [0.15, 0.2) is 28.7 Å². The zero-order valence-electron chi connectivity index (χ0n) is 12.8. The molecule has 23 heavy (non-hydrogen) atoms. The summed E-state index contributed by atoms with van der Waals surface area (Å²) in [5.74, 6) is 0.298. The van der Waals surface area contributed by atoms with Crippen LogP contribution in [-0.4, -0.2) is 36.4 Å². The number of carbonyl (C=O) groups is 1. The highest BCUT2D eigenvalue weighted by Crippen LogP contribution is 2.18. The molecule has 0 bridgehead atoms. The van der Waals surface area contributed by atoms with Crippen molar-refractivity contribution < 1.29 is 14.3 Å². The lowest BCUT2D eigenvalue weighted by atomic mass is 10.2. The number of halogens is 1. The number of ether oxygens (including phenoxy) is 2. The number of carbonyl (C=O) groups excluding carboxylic acids is 1. The first-order chi connectivity index (χ1) is 11.0. The van der Waals surface area contributed by atoms with Crippen molar-refractivity contribution in [3.8, 4) is 5.75 Å². The highest BCUT2D eigenvalue weighted by molar-refractivity contribution is 9.10. The van der Waals surface area contributed by atoms with Crippen molar-refractivity contribution >= 4 is 39.2 Å². The molecule has 0 spiro atoms. The van der Waals surface area contributed by atoms with Crippen molar-refractivity contribution in [2.45, 2.75) is 32.0 Å². The molecule has 2 rings (SSSR count). The molecule has 8 heteroatoms. The van der Waals surface area contributed by atoms with Crippen LogP contribution in [-0.2, 0) is 9.53 Å². The molecule has 1 saturated heterocycles. The zero-order chi connectivity index (χ0) is 16.7. The van der Waals surface area contributed by atoms with E-state index >= 15 is 0 Å². The summed E-state index contributed by atoms with van der Waals surface area (Å²) in [6.45, 7) is 3.10. The molecule has 0 radical (unpaired) electrons. The maximum absolute atomic E-state index is 12.0. The summed E-state index contributed by atoms with van der Waals surface area (Å²) in [6, 6.07) is 7.31. The Balaban J connectivity index is 1.67. The second-order valence-electron chi connectivity index (χ2n) is 5.18. The third-order valence-electron chi connectivity index (χ3n) is 3.29. The van der Waals surface area contributed by atoms with Crippen LogP contribution in [0.5, 0.6) is 5.75 Å². The third-order valence-corrected chi connectivity index (χ3v) is 4.03. The molecule has 0 aliphatic carbocycles. The molecule has 3 N–H and O–H groups in total. The fourth-order valence-corrected chi connectivity index (χ4v) is 2.59. The predicted molar refractivity (Wildman–Crippen MR) is 95.1 cm³/mol. The average molecular weight is 402 g/mol. The largest absolute Gasteiger partial charge is 0.481 e. The summed E-state index contributed by atoms with van der Waals surface area (Å²) < 4.78 is 11.9. The van der Waals surface area contributed by atoms with Gasteiger partial charge in [-0.1, -0.05) is 22.0 Å². The van der Waals surface area contributed by atoms with Crippen LogP contribution in [0.4, 0.5) is 0 Å². The molecular formula is C15H20BrN3O3S. The number of hydrogen-bond donors (Lipinski definition) is 3. The van der Waals surface area contributed by atoms with E-state index in [0.717, 1.165) is 23.9 Å². The lowest BCUT2D eigenvalue weighted by Crippen LogP contribution is -2.51. The van der Waals surface area contributed by atoms with E-state index in [1.165, 1.54) is 0 Å². The van der Waals surface area contributed by atoms with E-state index in [1.807, 2.05) is 12.1 Å². The first-order valence-electron chi connectivity index (χ1n) is 7.42. The Morgan fingerprint density at radius 1 is 1.52 bits per heavy atom. The molecule has 1 aliphatic heterocycles. The molecule has 1 amide bonds. The van der Waals surface area contributed by atoms with Crippen LogP contribution < -0.4 is 20.9 Å². The Labute approximate surface area is 149 Å². The van der Waals surface area contributed by atoms with Crippen LogP contribution in [0.2, 0.25) is 0 Å². The molecule has 1 aliphatic rings. The van der Waals surface area contributed by atoms with Gasteiger partial charge in [-0.3, -0.25) is 15.6 Å².